The third kappa shape index (κ3) is 5.81. The van der Waals surface area contributed by atoms with E-state index in [1.807, 2.05) is 18.2 Å². The predicted molar refractivity (Wildman–Crippen MR) is 112 cm³/mol. The van der Waals surface area contributed by atoms with Crippen LogP contribution in [0.1, 0.15) is 31.4 Å². The van der Waals surface area contributed by atoms with Gasteiger partial charge in [0.1, 0.15) is 12.4 Å². The van der Waals surface area contributed by atoms with Gasteiger partial charge in [0.05, 0.1) is 6.10 Å². The van der Waals surface area contributed by atoms with E-state index in [2.05, 4.69) is 67.7 Å². The molecule has 0 aliphatic heterocycles. The lowest BCUT2D eigenvalue weighted by molar-refractivity contribution is 0.0770. The van der Waals surface area contributed by atoms with Crippen molar-refractivity contribution in [2.75, 3.05) is 13.2 Å². The van der Waals surface area contributed by atoms with E-state index in [4.69, 9.17) is 9.47 Å². The van der Waals surface area contributed by atoms with Gasteiger partial charge >= 0.3 is 0 Å². The normalized spacial score (nSPS) is 11.2. The molecule has 0 aliphatic rings. The van der Waals surface area contributed by atoms with Crippen molar-refractivity contribution in [3.05, 3.63) is 77.9 Å². The van der Waals surface area contributed by atoms with Gasteiger partial charge in [-0.3, -0.25) is 0 Å². The number of hydrogen-bond donors (Lipinski definition) is 1. The molecule has 1 N–H and O–H groups in total. The molecule has 0 amide bonds. The molecule has 0 unspecified atom stereocenters. The van der Waals surface area contributed by atoms with Crippen LogP contribution in [0.5, 0.6) is 5.75 Å². The molecule has 27 heavy (non-hydrogen) atoms. The van der Waals surface area contributed by atoms with Crippen LogP contribution in [0, 0.1) is 0 Å². The standard InChI is InChI=1S/C24H29NO2/c1-19(2)26-16-8-15-25-17-23-22-12-7-6-11-21(22)13-14-24(23)27-18-20-9-4-3-5-10-20/h3-7,9-14,19,25H,8,15-18H2,1-2H3. The smallest absolute Gasteiger partial charge is 0.124 e. The number of fused-ring (bicyclic) bond motifs is 1. The molecule has 0 fully saturated rings. The van der Waals surface area contributed by atoms with Gasteiger partial charge in [0.15, 0.2) is 0 Å². The molecular formula is C24H29NO2. The monoisotopic (exact) mass is 363 g/mol. The number of benzene rings is 3. The Hall–Kier alpha value is -2.36. The average molecular weight is 364 g/mol. The first kappa shape index (κ1) is 19.4. The van der Waals surface area contributed by atoms with Gasteiger partial charge in [0, 0.05) is 18.7 Å². The quantitative estimate of drug-likeness (QED) is 0.494. The van der Waals surface area contributed by atoms with E-state index in [1.54, 1.807) is 0 Å². The maximum absolute atomic E-state index is 6.18. The van der Waals surface area contributed by atoms with E-state index in [9.17, 15) is 0 Å². The summed E-state index contributed by atoms with van der Waals surface area (Å²) in [6.45, 7) is 7.22. The molecule has 0 bridgehead atoms. The van der Waals surface area contributed by atoms with Crippen LogP contribution in [0.15, 0.2) is 66.7 Å². The number of nitrogens with one attached hydrogen (secondary N) is 1. The third-order valence-electron chi connectivity index (χ3n) is 4.49. The highest BCUT2D eigenvalue weighted by Crippen LogP contribution is 2.28. The van der Waals surface area contributed by atoms with Crippen molar-refractivity contribution >= 4 is 10.8 Å². The van der Waals surface area contributed by atoms with Crippen LogP contribution in [0.4, 0.5) is 0 Å². The first-order chi connectivity index (χ1) is 13.2. The van der Waals surface area contributed by atoms with E-state index in [-0.39, 0.29) is 0 Å². The lowest BCUT2D eigenvalue weighted by Gasteiger charge is -2.15. The number of hydrogen-bond acceptors (Lipinski definition) is 3. The lowest BCUT2D eigenvalue weighted by atomic mass is 10.0. The molecule has 0 saturated heterocycles. The SMILES string of the molecule is CC(C)OCCCNCc1c(OCc2ccccc2)ccc2ccccc12. The van der Waals surface area contributed by atoms with Crippen LogP contribution >= 0.6 is 0 Å². The summed E-state index contributed by atoms with van der Waals surface area (Å²) in [7, 11) is 0. The summed E-state index contributed by atoms with van der Waals surface area (Å²) < 4.78 is 11.8. The summed E-state index contributed by atoms with van der Waals surface area (Å²) in [5, 5.41) is 6.03. The summed E-state index contributed by atoms with van der Waals surface area (Å²) in [5.74, 6) is 0.948. The van der Waals surface area contributed by atoms with E-state index in [0.717, 1.165) is 31.9 Å². The Morgan fingerprint density at radius 3 is 2.48 bits per heavy atom. The van der Waals surface area contributed by atoms with Crippen LogP contribution in [0.25, 0.3) is 10.8 Å². The second kappa shape index (κ2) is 10.1. The Balaban J connectivity index is 1.68. The fraction of sp³-hybridized carbons (Fsp3) is 0.333. The van der Waals surface area contributed by atoms with Crippen molar-refractivity contribution in [3.8, 4) is 5.75 Å². The topological polar surface area (TPSA) is 30.5 Å². The molecule has 3 rings (SSSR count). The van der Waals surface area contributed by atoms with Gasteiger partial charge in [0.2, 0.25) is 0 Å². The van der Waals surface area contributed by atoms with Crippen LogP contribution in [-0.2, 0) is 17.9 Å². The number of ether oxygens (including phenoxy) is 2. The van der Waals surface area contributed by atoms with E-state index >= 15 is 0 Å². The Morgan fingerprint density at radius 1 is 0.889 bits per heavy atom. The minimum atomic E-state index is 0.293. The van der Waals surface area contributed by atoms with Gasteiger partial charge in [-0.05, 0) is 49.2 Å². The Kier molecular flexibility index (Phi) is 7.26. The van der Waals surface area contributed by atoms with Crippen molar-refractivity contribution in [3.63, 3.8) is 0 Å². The van der Waals surface area contributed by atoms with Crippen molar-refractivity contribution in [2.24, 2.45) is 0 Å². The van der Waals surface area contributed by atoms with Gasteiger partial charge in [-0.15, -0.1) is 0 Å². The Morgan fingerprint density at radius 2 is 1.67 bits per heavy atom. The Labute approximate surface area is 162 Å². The van der Waals surface area contributed by atoms with Crippen LogP contribution in [0.2, 0.25) is 0 Å². The highest BCUT2D eigenvalue weighted by molar-refractivity contribution is 5.87. The van der Waals surface area contributed by atoms with Gasteiger partial charge in [-0.2, -0.15) is 0 Å². The van der Waals surface area contributed by atoms with Crippen LogP contribution in [-0.4, -0.2) is 19.3 Å². The maximum atomic E-state index is 6.18. The Bertz CT molecular complexity index is 830. The van der Waals surface area contributed by atoms with E-state index in [1.165, 1.54) is 21.9 Å². The zero-order chi connectivity index (χ0) is 18.9. The molecule has 3 nitrogen and oxygen atoms in total. The second-order valence-electron chi connectivity index (χ2n) is 6.99. The first-order valence-corrected chi connectivity index (χ1v) is 9.73. The molecular weight excluding hydrogens is 334 g/mol. The molecule has 0 atom stereocenters. The van der Waals surface area contributed by atoms with Gasteiger partial charge in [0.25, 0.3) is 0 Å². The fourth-order valence-corrected chi connectivity index (χ4v) is 3.10. The second-order valence-corrected chi connectivity index (χ2v) is 6.99. The van der Waals surface area contributed by atoms with Gasteiger partial charge in [-0.25, -0.2) is 0 Å². The molecule has 3 aromatic carbocycles. The third-order valence-corrected chi connectivity index (χ3v) is 4.49. The van der Waals surface area contributed by atoms with Crippen LogP contribution in [0.3, 0.4) is 0 Å². The zero-order valence-electron chi connectivity index (χ0n) is 16.3. The van der Waals surface area contributed by atoms with Gasteiger partial charge < -0.3 is 14.8 Å². The highest BCUT2D eigenvalue weighted by Gasteiger charge is 2.09. The average Bonchev–Trinajstić information content (AvgIpc) is 2.70. The minimum absolute atomic E-state index is 0.293. The van der Waals surface area contributed by atoms with Gasteiger partial charge in [-0.1, -0.05) is 60.7 Å². The molecule has 0 spiro atoms. The molecule has 3 aromatic rings. The van der Waals surface area contributed by atoms with Crippen molar-refractivity contribution in [1.82, 2.24) is 5.32 Å². The summed E-state index contributed by atoms with van der Waals surface area (Å²) in [5.41, 5.74) is 2.39. The molecule has 142 valence electrons. The minimum Gasteiger partial charge on any atom is -0.489 e. The molecule has 3 heteroatoms. The lowest BCUT2D eigenvalue weighted by Crippen LogP contribution is -2.18. The molecule has 0 radical (unpaired) electrons. The summed E-state index contributed by atoms with van der Waals surface area (Å²) in [6, 6.07) is 23.0. The summed E-state index contributed by atoms with van der Waals surface area (Å²) in [4.78, 5) is 0. The number of rotatable bonds is 10. The zero-order valence-corrected chi connectivity index (χ0v) is 16.3. The maximum Gasteiger partial charge on any atom is 0.124 e. The van der Waals surface area contributed by atoms with Crippen molar-refractivity contribution < 1.29 is 9.47 Å². The molecule has 0 saturated carbocycles. The first-order valence-electron chi connectivity index (χ1n) is 9.73. The fourth-order valence-electron chi connectivity index (χ4n) is 3.10. The highest BCUT2D eigenvalue weighted by atomic mass is 16.5. The van der Waals surface area contributed by atoms with Crippen molar-refractivity contribution in [2.45, 2.75) is 39.5 Å². The van der Waals surface area contributed by atoms with Crippen molar-refractivity contribution in [1.29, 1.82) is 0 Å². The molecule has 0 aromatic heterocycles. The predicted octanol–water partition coefficient (Wildman–Crippen LogP) is 5.32. The summed E-state index contributed by atoms with van der Waals surface area (Å²) in [6.07, 6.45) is 1.30. The molecule has 0 heterocycles. The van der Waals surface area contributed by atoms with E-state index in [0.29, 0.717) is 12.7 Å². The molecule has 0 aliphatic carbocycles. The summed E-state index contributed by atoms with van der Waals surface area (Å²) >= 11 is 0. The van der Waals surface area contributed by atoms with E-state index < -0.39 is 0 Å². The largest absolute Gasteiger partial charge is 0.489 e. The van der Waals surface area contributed by atoms with Crippen LogP contribution < -0.4 is 10.1 Å².